The molecule has 3 rings (SSSR count). The first-order valence-corrected chi connectivity index (χ1v) is 12.2. The Bertz CT molecular complexity index is 1170. The quantitative estimate of drug-likeness (QED) is 0.440. The van der Waals surface area contributed by atoms with E-state index in [9.17, 15) is 13.2 Å². The highest BCUT2D eigenvalue weighted by Crippen LogP contribution is 2.20. The molecule has 0 fully saturated rings. The highest BCUT2D eigenvalue weighted by molar-refractivity contribution is 7.88. The van der Waals surface area contributed by atoms with Crippen molar-refractivity contribution in [3.63, 3.8) is 0 Å². The molecule has 0 aliphatic heterocycles. The maximum absolute atomic E-state index is 12.3. The molecule has 3 aromatic rings. The zero-order valence-corrected chi connectivity index (χ0v) is 19.7. The number of carbonyl (C=O) groups excluding carboxylic acids is 1. The molecule has 2 aromatic carbocycles. The van der Waals surface area contributed by atoms with Gasteiger partial charge in [-0.15, -0.1) is 0 Å². The molecule has 0 atom stereocenters. The summed E-state index contributed by atoms with van der Waals surface area (Å²) in [4.78, 5) is 16.7. The molecule has 0 saturated heterocycles. The number of amides is 1. The fourth-order valence-corrected chi connectivity index (χ4v) is 4.69. The maximum atomic E-state index is 12.3. The number of nitrogens with zero attached hydrogens (tertiary/aromatic N) is 2. The smallest absolute Gasteiger partial charge is 0.227 e. The molecule has 0 bridgehead atoms. The van der Waals surface area contributed by atoms with Gasteiger partial charge in [-0.3, -0.25) is 4.79 Å². The number of ether oxygens (including phenoxy) is 1. The number of nitrogens with one attached hydrogen (secondary N) is 2. The van der Waals surface area contributed by atoms with E-state index in [2.05, 4.69) is 20.2 Å². The number of hydrogen-bond donors (Lipinski definition) is 2. The van der Waals surface area contributed by atoms with Crippen LogP contribution >= 0.6 is 0 Å². The summed E-state index contributed by atoms with van der Waals surface area (Å²) in [6.07, 6.45) is 0.461. The van der Waals surface area contributed by atoms with Crippen molar-refractivity contribution < 1.29 is 22.5 Å². The molecule has 0 radical (unpaired) electrons. The molecule has 9 nitrogen and oxygen atoms in total. The van der Waals surface area contributed by atoms with Gasteiger partial charge in [0.05, 0.1) is 12.9 Å². The molecule has 33 heavy (non-hydrogen) atoms. The third-order valence-corrected chi connectivity index (χ3v) is 6.26. The van der Waals surface area contributed by atoms with E-state index in [-0.39, 0.29) is 30.7 Å². The van der Waals surface area contributed by atoms with Crippen molar-refractivity contribution in [1.82, 2.24) is 20.2 Å². The SMILES string of the molecule is COc1ccc(-c2noc(CCC(=O)NCc3ccccc3CS(=O)(=O)NC(C)C)n2)cc1. The monoisotopic (exact) mass is 472 g/mol. The number of rotatable bonds is 11. The van der Waals surface area contributed by atoms with Crippen molar-refractivity contribution in [2.24, 2.45) is 0 Å². The van der Waals surface area contributed by atoms with Crippen molar-refractivity contribution >= 4 is 15.9 Å². The molecule has 0 unspecified atom stereocenters. The number of benzene rings is 2. The number of sulfonamides is 1. The lowest BCUT2D eigenvalue weighted by Gasteiger charge is -2.13. The van der Waals surface area contributed by atoms with Crippen molar-refractivity contribution in [1.29, 1.82) is 0 Å². The second-order valence-electron chi connectivity index (χ2n) is 7.82. The number of hydrogen-bond acceptors (Lipinski definition) is 7. The molecular weight excluding hydrogens is 444 g/mol. The Morgan fingerprint density at radius 3 is 2.45 bits per heavy atom. The van der Waals surface area contributed by atoms with Crippen molar-refractivity contribution in [3.05, 3.63) is 65.5 Å². The summed E-state index contributed by atoms with van der Waals surface area (Å²) in [5.41, 5.74) is 2.18. The van der Waals surface area contributed by atoms with Crippen LogP contribution in [-0.4, -0.2) is 37.6 Å². The van der Waals surface area contributed by atoms with Crippen molar-refractivity contribution in [2.45, 2.75) is 45.0 Å². The Morgan fingerprint density at radius 2 is 1.79 bits per heavy atom. The minimum Gasteiger partial charge on any atom is -0.497 e. The summed E-state index contributed by atoms with van der Waals surface area (Å²) in [5.74, 6) is 1.19. The molecule has 0 saturated carbocycles. The van der Waals surface area contributed by atoms with Gasteiger partial charge in [-0.25, -0.2) is 13.1 Å². The first-order chi connectivity index (χ1) is 15.8. The summed E-state index contributed by atoms with van der Waals surface area (Å²) in [5, 5.41) is 6.79. The Labute approximate surface area is 193 Å². The fourth-order valence-electron chi connectivity index (χ4n) is 3.19. The van der Waals surface area contributed by atoms with Gasteiger partial charge in [-0.2, -0.15) is 4.98 Å². The molecule has 1 aromatic heterocycles. The molecule has 0 aliphatic carbocycles. The van der Waals surface area contributed by atoms with Crippen LogP contribution in [-0.2, 0) is 33.5 Å². The second-order valence-corrected chi connectivity index (χ2v) is 9.57. The van der Waals surface area contributed by atoms with Gasteiger partial charge in [-0.1, -0.05) is 29.4 Å². The van der Waals surface area contributed by atoms with Crippen LogP contribution < -0.4 is 14.8 Å². The van der Waals surface area contributed by atoms with Crippen LogP contribution in [0.3, 0.4) is 0 Å². The number of aromatic nitrogens is 2. The van der Waals surface area contributed by atoms with E-state index in [0.29, 0.717) is 23.7 Å². The minimum atomic E-state index is -3.46. The Morgan fingerprint density at radius 1 is 1.09 bits per heavy atom. The minimum absolute atomic E-state index is 0.145. The Balaban J connectivity index is 1.53. The predicted molar refractivity (Wildman–Crippen MR) is 124 cm³/mol. The largest absolute Gasteiger partial charge is 0.497 e. The van der Waals surface area contributed by atoms with Crippen LogP contribution in [0.1, 0.15) is 37.3 Å². The molecule has 0 aliphatic rings. The predicted octanol–water partition coefficient (Wildman–Crippen LogP) is 2.82. The topological polar surface area (TPSA) is 123 Å². The second kappa shape index (κ2) is 11.1. The highest BCUT2D eigenvalue weighted by Gasteiger charge is 2.16. The molecule has 10 heteroatoms. The zero-order chi connectivity index (χ0) is 23.8. The standard InChI is InChI=1S/C23H28N4O5S/c1-16(2)27-33(29,30)15-19-7-5-4-6-18(19)14-24-21(28)12-13-22-25-23(26-32-22)17-8-10-20(31-3)11-9-17/h4-11,16,27H,12-15H2,1-3H3,(H,24,28). The van der Waals surface area contributed by atoms with Crippen LogP contribution in [0.25, 0.3) is 11.4 Å². The van der Waals surface area contributed by atoms with Gasteiger partial charge in [0.15, 0.2) is 0 Å². The van der Waals surface area contributed by atoms with Gasteiger partial charge >= 0.3 is 0 Å². The van der Waals surface area contributed by atoms with Crippen molar-refractivity contribution in [3.8, 4) is 17.1 Å². The maximum Gasteiger partial charge on any atom is 0.227 e. The number of methoxy groups -OCH3 is 1. The van der Waals surface area contributed by atoms with Gasteiger partial charge < -0.3 is 14.6 Å². The van der Waals surface area contributed by atoms with E-state index >= 15 is 0 Å². The van der Waals surface area contributed by atoms with Crippen LogP contribution in [0.2, 0.25) is 0 Å². The number of carbonyl (C=O) groups is 1. The van der Waals surface area contributed by atoms with Gasteiger partial charge in [0, 0.05) is 31.0 Å². The van der Waals surface area contributed by atoms with E-state index in [1.807, 2.05) is 18.2 Å². The highest BCUT2D eigenvalue weighted by atomic mass is 32.2. The lowest BCUT2D eigenvalue weighted by Crippen LogP contribution is -2.32. The molecule has 2 N–H and O–H groups in total. The van der Waals surface area contributed by atoms with E-state index < -0.39 is 10.0 Å². The van der Waals surface area contributed by atoms with E-state index in [1.165, 1.54) is 0 Å². The zero-order valence-electron chi connectivity index (χ0n) is 18.9. The molecule has 0 spiro atoms. The lowest BCUT2D eigenvalue weighted by molar-refractivity contribution is -0.121. The van der Waals surface area contributed by atoms with Crippen LogP contribution in [0, 0.1) is 0 Å². The first kappa shape index (κ1) is 24.4. The lowest BCUT2D eigenvalue weighted by atomic mass is 10.1. The average molecular weight is 473 g/mol. The third kappa shape index (κ3) is 7.40. The van der Waals surface area contributed by atoms with Gasteiger partial charge in [-0.05, 0) is 49.2 Å². The molecule has 176 valence electrons. The Kier molecular flexibility index (Phi) is 8.18. The van der Waals surface area contributed by atoms with Gasteiger partial charge in [0.2, 0.25) is 27.6 Å². The fraction of sp³-hybridized carbons (Fsp3) is 0.348. The van der Waals surface area contributed by atoms with Gasteiger partial charge in [0.25, 0.3) is 0 Å². The van der Waals surface area contributed by atoms with Gasteiger partial charge in [0.1, 0.15) is 5.75 Å². The number of aryl methyl sites for hydroxylation is 1. The van der Waals surface area contributed by atoms with Crippen molar-refractivity contribution in [2.75, 3.05) is 7.11 Å². The van der Waals surface area contributed by atoms with E-state index in [4.69, 9.17) is 9.26 Å². The normalized spacial score (nSPS) is 11.5. The summed E-state index contributed by atoms with van der Waals surface area (Å²) in [6.45, 7) is 3.77. The third-order valence-electron chi connectivity index (χ3n) is 4.74. The molecule has 1 heterocycles. The van der Waals surface area contributed by atoms with Crippen LogP contribution in [0.5, 0.6) is 5.75 Å². The van der Waals surface area contributed by atoms with Crippen LogP contribution in [0.15, 0.2) is 53.1 Å². The molecule has 1 amide bonds. The molecular formula is C23H28N4O5S. The summed E-state index contributed by atoms with van der Waals surface area (Å²) >= 11 is 0. The summed E-state index contributed by atoms with van der Waals surface area (Å²) < 4.78 is 37.5. The average Bonchev–Trinajstić information content (AvgIpc) is 3.25. The van der Waals surface area contributed by atoms with Crippen LogP contribution in [0.4, 0.5) is 0 Å². The summed E-state index contributed by atoms with van der Waals surface area (Å²) in [7, 11) is -1.87. The Hall–Kier alpha value is -3.24. The summed E-state index contributed by atoms with van der Waals surface area (Å²) in [6, 6.07) is 14.2. The van der Waals surface area contributed by atoms with E-state index in [0.717, 1.165) is 16.9 Å². The van der Waals surface area contributed by atoms with E-state index in [1.54, 1.807) is 51.3 Å². The first-order valence-electron chi connectivity index (χ1n) is 10.6.